The predicted octanol–water partition coefficient (Wildman–Crippen LogP) is 9.68. The number of methoxy groups -OCH3 is 1. The fourth-order valence-electron chi connectivity index (χ4n) is 13.1. The first-order chi connectivity index (χ1) is 34.4. The number of aliphatic hydroxyl groups is 4. The molecule has 3 fully saturated rings. The molecule has 5 aliphatic heterocycles. The molecule has 382 valence electrons. The van der Waals surface area contributed by atoms with E-state index >= 15 is 0 Å². The molecular formula is C55H68N2O10S4. The molecule has 7 aliphatic rings. The number of phenols is 2. The van der Waals surface area contributed by atoms with Crippen LogP contribution in [0.5, 0.6) is 17.2 Å². The van der Waals surface area contributed by atoms with Crippen molar-refractivity contribution in [1.29, 1.82) is 0 Å². The number of nitrogens with one attached hydrogen (secondary N) is 2. The van der Waals surface area contributed by atoms with E-state index < -0.39 is 29.2 Å². The van der Waals surface area contributed by atoms with E-state index in [1.807, 2.05) is 41.1 Å². The van der Waals surface area contributed by atoms with Crippen LogP contribution in [0.3, 0.4) is 0 Å². The highest BCUT2D eigenvalue weighted by Gasteiger charge is 2.49. The SMILES string of the molecule is COc1c(O)ccc2c1-c1ccc3ccc(O)cc3c1CSSC13CCC(CC1O)C(CC(=O)CC2)OC1NC(CCCO)C(CSSC3)CC2c3c1cc(CO)c1c3C(CCC(C(C)=O)N1)CC2CO. The molecule has 0 aromatic heterocycles. The molecule has 11 rings (SSSR count). The number of carbonyl (C=O) groups is 2. The number of hydrogen-bond donors (Lipinski definition) is 8. The highest BCUT2D eigenvalue weighted by atomic mass is 33.1. The number of ether oxygens (including phenoxy) is 2. The number of aromatic hydroxyl groups is 2. The second-order valence-electron chi connectivity index (χ2n) is 20.9. The number of Topliss-reactive ketones (excluding diaryl/α,β-unsaturated/α-hetero) is 2. The van der Waals surface area contributed by atoms with E-state index in [0.29, 0.717) is 66.9 Å². The Labute approximate surface area is 432 Å². The standard InChI is InChI=1S/C55H68N2O10S4/c1-29(61)44-13-8-33-18-34(24-59)41-20-36-26-68-70-28-55-16-15-32(21-48(55)65)47(67-54(57-45(36)4-3-17-58)42-19-35(25-60)52(56-44)50(33)51(41)42)23-38(63)11-6-31-9-14-46(64)53(66-2)49(31)39-12-7-30-5-10-37(62)22-40(30)43(39)27-69-71-55/h5,7,9-10,12,14,19,22,32-34,36,41,44-45,47-48,54,56-60,62,64-65H,3-4,6,8,11,13,15-18,20-21,23-28H2,1-2H3. The van der Waals surface area contributed by atoms with Crippen LogP contribution in [0.1, 0.15) is 129 Å². The number of aliphatic hydroxyl groups excluding tert-OH is 4. The third kappa shape index (κ3) is 10.1. The van der Waals surface area contributed by atoms with Gasteiger partial charge < -0.3 is 45.4 Å². The fourth-order valence-corrected chi connectivity index (χ4v) is 20.0. The number of phenolic OH excluding ortho intramolecular Hbond substituents is 2. The van der Waals surface area contributed by atoms with E-state index in [1.54, 1.807) is 64.6 Å². The number of aryl methyl sites for hydroxylation is 1. The van der Waals surface area contributed by atoms with Crippen molar-refractivity contribution in [2.45, 2.75) is 143 Å². The van der Waals surface area contributed by atoms with Gasteiger partial charge in [0.1, 0.15) is 17.8 Å². The Morgan fingerprint density at radius 1 is 0.944 bits per heavy atom. The van der Waals surface area contributed by atoms with Crippen molar-refractivity contribution in [2.75, 3.05) is 37.1 Å². The Kier molecular flexibility index (Phi) is 15.9. The Morgan fingerprint density at radius 3 is 2.56 bits per heavy atom. The van der Waals surface area contributed by atoms with Gasteiger partial charge in [-0.05, 0) is 169 Å². The third-order valence-electron chi connectivity index (χ3n) is 16.8. The van der Waals surface area contributed by atoms with Crippen LogP contribution < -0.4 is 15.4 Å². The number of anilines is 1. The minimum Gasteiger partial charge on any atom is -0.508 e. The number of carbonyl (C=O) groups excluding carboxylic acids is 2. The first-order valence-corrected chi connectivity index (χ1v) is 30.3. The zero-order chi connectivity index (χ0) is 49.6. The molecule has 2 aliphatic carbocycles. The summed E-state index contributed by atoms with van der Waals surface area (Å²) in [6.07, 6.45) is 4.73. The van der Waals surface area contributed by atoms with Crippen LogP contribution in [0.2, 0.25) is 0 Å². The summed E-state index contributed by atoms with van der Waals surface area (Å²) in [5.74, 6) is 2.39. The van der Waals surface area contributed by atoms with E-state index in [2.05, 4.69) is 10.6 Å². The van der Waals surface area contributed by atoms with Gasteiger partial charge in [-0.3, -0.25) is 14.9 Å². The minimum absolute atomic E-state index is 0.00528. The van der Waals surface area contributed by atoms with E-state index in [9.17, 15) is 40.2 Å². The summed E-state index contributed by atoms with van der Waals surface area (Å²) in [5.41, 5.74) is 7.99. The molecule has 0 amide bonds. The maximum absolute atomic E-state index is 14.9. The molecule has 11 unspecified atom stereocenters. The Balaban J connectivity index is 1.12. The molecular weight excluding hydrogens is 977 g/mol. The van der Waals surface area contributed by atoms with Crippen molar-refractivity contribution in [2.24, 2.45) is 17.8 Å². The molecule has 12 nitrogen and oxygen atoms in total. The van der Waals surface area contributed by atoms with Crippen molar-refractivity contribution < 1.29 is 49.7 Å². The molecule has 16 heteroatoms. The van der Waals surface area contributed by atoms with Gasteiger partial charge in [-0.1, -0.05) is 67.4 Å². The van der Waals surface area contributed by atoms with Gasteiger partial charge in [-0.25, -0.2) is 0 Å². The number of fused-ring (bicyclic) bond motifs is 9. The van der Waals surface area contributed by atoms with E-state index in [0.717, 1.165) is 81.3 Å². The lowest BCUT2D eigenvalue weighted by Gasteiger charge is -2.48. The Hall–Kier alpha value is -3.16. The molecule has 0 radical (unpaired) electrons. The first kappa shape index (κ1) is 51.3. The molecule has 4 aromatic rings. The molecule has 11 atom stereocenters. The first-order valence-electron chi connectivity index (χ1n) is 25.5. The normalized spacial score (nSPS) is 31.1. The minimum atomic E-state index is -0.726. The molecule has 71 heavy (non-hydrogen) atoms. The van der Waals surface area contributed by atoms with Crippen LogP contribution >= 0.6 is 43.2 Å². The van der Waals surface area contributed by atoms with Crippen LogP contribution in [0.4, 0.5) is 5.69 Å². The monoisotopic (exact) mass is 1040 g/mol. The van der Waals surface area contributed by atoms with Gasteiger partial charge in [0.15, 0.2) is 17.3 Å². The average molecular weight is 1050 g/mol. The number of benzene rings is 4. The number of ketones is 2. The van der Waals surface area contributed by atoms with Crippen LogP contribution in [-0.2, 0) is 33.1 Å². The van der Waals surface area contributed by atoms with Crippen molar-refractivity contribution in [3.05, 3.63) is 81.9 Å². The highest BCUT2D eigenvalue weighted by molar-refractivity contribution is 8.78. The lowest BCUT2D eigenvalue weighted by Crippen LogP contribution is -2.50. The second kappa shape index (κ2) is 22.0. The Bertz CT molecular complexity index is 2640. The quantitative estimate of drug-likeness (QED) is 0.0814. The summed E-state index contributed by atoms with van der Waals surface area (Å²) in [5, 5.41) is 77.0. The van der Waals surface area contributed by atoms with Crippen LogP contribution in [-0.4, -0.2) is 103 Å². The van der Waals surface area contributed by atoms with Crippen molar-refractivity contribution in [1.82, 2.24) is 5.32 Å². The van der Waals surface area contributed by atoms with Crippen molar-refractivity contribution >= 4 is 71.2 Å². The zero-order valence-corrected chi connectivity index (χ0v) is 43.8. The fraction of sp³-hybridized carbons (Fsp3) is 0.564. The second-order valence-corrected chi connectivity index (χ2v) is 26.2. The highest BCUT2D eigenvalue weighted by Crippen LogP contribution is 2.58. The summed E-state index contributed by atoms with van der Waals surface area (Å²) < 4.78 is 13.0. The van der Waals surface area contributed by atoms with Crippen molar-refractivity contribution in [3.63, 3.8) is 0 Å². The predicted molar refractivity (Wildman–Crippen MR) is 286 cm³/mol. The number of rotatable bonds is 7. The van der Waals surface area contributed by atoms with Gasteiger partial charge in [0.2, 0.25) is 0 Å². The summed E-state index contributed by atoms with van der Waals surface area (Å²) in [7, 11) is 8.60. The molecule has 8 N–H and O–H groups in total. The smallest absolute Gasteiger partial charge is 0.168 e. The van der Waals surface area contributed by atoms with Crippen molar-refractivity contribution in [3.8, 4) is 28.4 Å². The van der Waals surface area contributed by atoms with Crippen LogP contribution in [0.15, 0.2) is 48.5 Å². The number of hydrogen-bond acceptors (Lipinski definition) is 16. The maximum Gasteiger partial charge on any atom is 0.168 e. The zero-order valence-electron chi connectivity index (χ0n) is 40.6. The molecule has 1 saturated carbocycles. The van der Waals surface area contributed by atoms with Gasteiger partial charge in [0.05, 0.1) is 36.7 Å². The largest absolute Gasteiger partial charge is 0.508 e. The topological polar surface area (TPSA) is 198 Å². The lowest BCUT2D eigenvalue weighted by molar-refractivity contribution is -0.130. The van der Waals surface area contributed by atoms with Gasteiger partial charge in [-0.15, -0.1) is 0 Å². The van der Waals surface area contributed by atoms with Gasteiger partial charge in [-0.2, -0.15) is 0 Å². The van der Waals surface area contributed by atoms with Crippen LogP contribution in [0, 0.1) is 17.8 Å². The maximum atomic E-state index is 14.9. The molecule has 2 saturated heterocycles. The molecule has 4 aromatic carbocycles. The molecule has 5 heterocycles. The Morgan fingerprint density at radius 2 is 1.79 bits per heavy atom. The van der Waals surface area contributed by atoms with E-state index in [4.69, 9.17) is 9.47 Å². The third-order valence-corrected chi connectivity index (χ3v) is 22.8. The molecule has 5 bridgehead atoms. The average Bonchev–Trinajstić information content (AvgIpc) is 3.56. The van der Waals surface area contributed by atoms with E-state index in [-0.39, 0.29) is 91.4 Å². The van der Waals surface area contributed by atoms with Gasteiger partial charge in [0.25, 0.3) is 0 Å². The van der Waals surface area contributed by atoms with Gasteiger partial charge in [0, 0.05) is 66.2 Å². The molecule has 0 spiro atoms. The summed E-state index contributed by atoms with van der Waals surface area (Å²) in [4.78, 5) is 27.9. The van der Waals surface area contributed by atoms with E-state index in [1.165, 1.54) is 0 Å². The lowest BCUT2D eigenvalue weighted by atomic mass is 9.63. The summed E-state index contributed by atoms with van der Waals surface area (Å²) in [6.45, 7) is 1.41. The van der Waals surface area contributed by atoms with Crippen LogP contribution in [0.25, 0.3) is 21.9 Å². The summed E-state index contributed by atoms with van der Waals surface area (Å²) in [6, 6.07) is 14.5. The van der Waals surface area contributed by atoms with Gasteiger partial charge >= 0.3 is 0 Å². The summed E-state index contributed by atoms with van der Waals surface area (Å²) >= 11 is 0.